The third-order valence-corrected chi connectivity index (χ3v) is 7.10. The van der Waals surface area contributed by atoms with Gasteiger partial charge in [-0.3, -0.25) is 0 Å². The van der Waals surface area contributed by atoms with Crippen LogP contribution in [0.25, 0.3) is 11.0 Å². The number of benzene rings is 2. The lowest BCUT2D eigenvalue weighted by atomic mass is 10.0. The monoisotopic (exact) mass is 449 g/mol. The van der Waals surface area contributed by atoms with Gasteiger partial charge in [0.15, 0.2) is 0 Å². The second kappa shape index (κ2) is 8.22. The molecule has 0 spiro atoms. The fourth-order valence-electron chi connectivity index (χ4n) is 2.90. The highest BCUT2D eigenvalue weighted by atomic mass is 35.5. The van der Waals surface area contributed by atoms with Crippen molar-refractivity contribution in [1.82, 2.24) is 4.31 Å². The van der Waals surface area contributed by atoms with E-state index in [4.69, 9.17) is 20.8 Å². The van der Waals surface area contributed by atoms with E-state index in [0.717, 1.165) is 15.4 Å². The Morgan fingerprint density at radius 3 is 2.50 bits per heavy atom. The van der Waals surface area contributed by atoms with Gasteiger partial charge < -0.3 is 9.15 Å². The van der Waals surface area contributed by atoms with Gasteiger partial charge in [0, 0.05) is 31.1 Å². The van der Waals surface area contributed by atoms with Gasteiger partial charge in [-0.15, -0.1) is 0 Å². The Kier molecular flexibility index (Phi) is 6.03. The van der Waals surface area contributed by atoms with Crippen LogP contribution in [-0.4, -0.2) is 32.8 Å². The van der Waals surface area contributed by atoms with Crippen LogP contribution in [0.1, 0.15) is 27.0 Å². The van der Waals surface area contributed by atoms with E-state index in [-0.39, 0.29) is 22.1 Å². The van der Waals surface area contributed by atoms with Crippen molar-refractivity contribution in [2.75, 3.05) is 14.1 Å². The molecular formula is C21H20ClNO6S. The molecule has 0 aliphatic rings. The summed E-state index contributed by atoms with van der Waals surface area (Å²) in [5, 5.41) is 0.662. The number of sulfonamides is 1. The van der Waals surface area contributed by atoms with Crippen LogP contribution in [0.5, 0.6) is 0 Å². The molecule has 30 heavy (non-hydrogen) atoms. The first kappa shape index (κ1) is 22.0. The summed E-state index contributed by atoms with van der Waals surface area (Å²) in [6.45, 7) is 3.57. The van der Waals surface area contributed by atoms with E-state index in [9.17, 15) is 18.0 Å². The summed E-state index contributed by atoms with van der Waals surface area (Å²) in [4.78, 5) is 24.3. The Hall–Kier alpha value is -2.68. The first-order chi connectivity index (χ1) is 14.0. The molecule has 9 heteroatoms. The first-order valence-electron chi connectivity index (χ1n) is 8.94. The number of rotatable bonds is 5. The van der Waals surface area contributed by atoms with Crippen LogP contribution in [0.15, 0.2) is 50.5 Å². The minimum absolute atomic E-state index is 0.00208. The zero-order chi connectivity index (χ0) is 22.2. The molecule has 0 saturated heterocycles. The van der Waals surface area contributed by atoms with E-state index in [0.29, 0.717) is 16.5 Å². The number of hydrogen-bond acceptors (Lipinski definition) is 6. The van der Waals surface area contributed by atoms with Crippen molar-refractivity contribution in [1.29, 1.82) is 0 Å². The van der Waals surface area contributed by atoms with Gasteiger partial charge in [0.1, 0.15) is 17.1 Å². The number of fused-ring (bicyclic) bond motifs is 1. The van der Waals surface area contributed by atoms with E-state index in [1.807, 2.05) is 19.9 Å². The Morgan fingerprint density at radius 2 is 1.83 bits per heavy atom. The van der Waals surface area contributed by atoms with Gasteiger partial charge in [0.05, 0.1) is 10.6 Å². The minimum Gasteiger partial charge on any atom is -0.457 e. The fourth-order valence-corrected chi connectivity index (χ4v) is 4.29. The third kappa shape index (κ3) is 4.12. The van der Waals surface area contributed by atoms with Crippen LogP contribution in [0.2, 0.25) is 5.02 Å². The van der Waals surface area contributed by atoms with Gasteiger partial charge in [0.2, 0.25) is 10.0 Å². The van der Waals surface area contributed by atoms with Crippen LogP contribution in [0, 0.1) is 13.8 Å². The first-order valence-corrected chi connectivity index (χ1v) is 10.8. The number of esters is 1. The van der Waals surface area contributed by atoms with Gasteiger partial charge in [-0.25, -0.2) is 22.3 Å². The summed E-state index contributed by atoms with van der Waals surface area (Å²) in [7, 11) is -1.10. The Labute approximate surface area is 178 Å². The van der Waals surface area contributed by atoms with Crippen molar-refractivity contribution >= 4 is 38.6 Å². The summed E-state index contributed by atoms with van der Waals surface area (Å²) in [6.07, 6.45) is 0. The van der Waals surface area contributed by atoms with E-state index >= 15 is 0 Å². The number of nitrogens with zero attached hydrogens (tertiary/aromatic N) is 1. The second-order valence-corrected chi connectivity index (χ2v) is 9.51. The predicted molar refractivity (Wildman–Crippen MR) is 113 cm³/mol. The molecule has 0 aliphatic carbocycles. The maximum atomic E-state index is 12.5. The van der Waals surface area contributed by atoms with Crippen molar-refractivity contribution in [3.8, 4) is 0 Å². The number of carbonyl (C=O) groups excluding carboxylic acids is 1. The number of ether oxygens (including phenoxy) is 1. The van der Waals surface area contributed by atoms with Crippen LogP contribution in [0.4, 0.5) is 0 Å². The Morgan fingerprint density at radius 1 is 1.13 bits per heavy atom. The van der Waals surface area contributed by atoms with E-state index in [2.05, 4.69) is 0 Å². The molecule has 0 aliphatic heterocycles. The molecule has 0 saturated carbocycles. The molecule has 3 aromatic rings. The zero-order valence-corrected chi connectivity index (χ0v) is 18.4. The molecule has 1 aromatic heterocycles. The lowest BCUT2D eigenvalue weighted by molar-refractivity contribution is 0.0473. The summed E-state index contributed by atoms with van der Waals surface area (Å²) in [5.41, 5.74) is 2.21. The van der Waals surface area contributed by atoms with Crippen molar-refractivity contribution in [3.05, 3.63) is 74.1 Å². The van der Waals surface area contributed by atoms with Crippen LogP contribution in [0.3, 0.4) is 0 Å². The average Bonchev–Trinajstić information content (AvgIpc) is 2.69. The number of hydrogen-bond donors (Lipinski definition) is 0. The van der Waals surface area contributed by atoms with Crippen LogP contribution < -0.4 is 5.63 Å². The highest BCUT2D eigenvalue weighted by Gasteiger charge is 2.23. The Bertz CT molecular complexity index is 1310. The molecule has 0 radical (unpaired) electrons. The van der Waals surface area contributed by atoms with Crippen molar-refractivity contribution in [3.63, 3.8) is 0 Å². The normalized spacial score (nSPS) is 11.8. The summed E-state index contributed by atoms with van der Waals surface area (Å²) >= 11 is 6.01. The van der Waals surface area contributed by atoms with E-state index in [1.54, 1.807) is 6.07 Å². The fraction of sp³-hybridized carbons (Fsp3) is 0.238. The molecule has 0 bridgehead atoms. The number of halogens is 1. The van der Waals surface area contributed by atoms with E-state index < -0.39 is 21.6 Å². The standard InChI is InChI=1S/C21H20ClNO6S/c1-12-5-7-16-15(10-19(24)29-20(16)13(12)2)11-28-21(25)14-6-8-17(22)18(9-14)30(26,27)23(3)4/h5-10H,11H2,1-4H3. The minimum atomic E-state index is -3.83. The number of carbonyl (C=O) groups is 1. The molecule has 3 rings (SSSR count). The molecule has 158 valence electrons. The van der Waals surface area contributed by atoms with Gasteiger partial charge in [0.25, 0.3) is 0 Å². The number of aryl methyl sites for hydroxylation is 2. The maximum absolute atomic E-state index is 12.5. The highest BCUT2D eigenvalue weighted by molar-refractivity contribution is 7.89. The molecular weight excluding hydrogens is 430 g/mol. The van der Waals surface area contributed by atoms with Gasteiger partial charge in [-0.1, -0.05) is 23.7 Å². The smallest absolute Gasteiger partial charge is 0.338 e. The molecule has 0 amide bonds. The van der Waals surface area contributed by atoms with Gasteiger partial charge in [-0.05, 0) is 43.2 Å². The quantitative estimate of drug-likeness (QED) is 0.435. The summed E-state index contributed by atoms with van der Waals surface area (Å²) in [5.74, 6) is -0.743. The SMILES string of the molecule is Cc1ccc2c(COC(=O)c3ccc(Cl)c(S(=O)(=O)N(C)C)c3)cc(=O)oc2c1C. The molecule has 0 fully saturated rings. The highest BCUT2D eigenvalue weighted by Crippen LogP contribution is 2.26. The second-order valence-electron chi connectivity index (χ2n) is 6.98. The average molecular weight is 450 g/mol. The van der Waals surface area contributed by atoms with Crippen molar-refractivity contribution in [2.24, 2.45) is 0 Å². The summed E-state index contributed by atoms with van der Waals surface area (Å²) < 4.78 is 36.4. The molecule has 0 unspecified atom stereocenters. The lowest BCUT2D eigenvalue weighted by Crippen LogP contribution is -2.23. The zero-order valence-electron chi connectivity index (χ0n) is 16.9. The van der Waals surface area contributed by atoms with Crippen LogP contribution in [-0.2, 0) is 21.4 Å². The topological polar surface area (TPSA) is 93.9 Å². The lowest BCUT2D eigenvalue weighted by Gasteiger charge is -2.14. The maximum Gasteiger partial charge on any atom is 0.338 e. The van der Waals surface area contributed by atoms with Gasteiger partial charge >= 0.3 is 11.6 Å². The molecule has 1 heterocycles. The predicted octanol–water partition coefficient (Wildman–Crippen LogP) is 3.67. The largest absolute Gasteiger partial charge is 0.457 e. The van der Waals surface area contributed by atoms with Gasteiger partial charge in [-0.2, -0.15) is 0 Å². The van der Waals surface area contributed by atoms with Crippen molar-refractivity contribution in [2.45, 2.75) is 25.3 Å². The Balaban J connectivity index is 1.92. The molecule has 2 aromatic carbocycles. The van der Waals surface area contributed by atoms with E-state index in [1.165, 1.54) is 38.4 Å². The van der Waals surface area contributed by atoms with Crippen molar-refractivity contribution < 1.29 is 22.4 Å². The van der Waals surface area contributed by atoms with Crippen LogP contribution >= 0.6 is 11.6 Å². The summed E-state index contributed by atoms with van der Waals surface area (Å²) in [6, 6.07) is 8.84. The molecule has 0 atom stereocenters. The molecule has 0 N–H and O–H groups in total. The third-order valence-electron chi connectivity index (χ3n) is 4.80. The molecule has 7 nitrogen and oxygen atoms in total.